The van der Waals surface area contributed by atoms with Crippen molar-refractivity contribution in [3.63, 3.8) is 0 Å². The number of hydrogen-bond donors (Lipinski definition) is 0. The van der Waals surface area contributed by atoms with E-state index in [0.29, 0.717) is 30.7 Å². The van der Waals surface area contributed by atoms with E-state index < -0.39 is 0 Å². The summed E-state index contributed by atoms with van der Waals surface area (Å²) < 4.78 is 5.52. The molecule has 180 valence electrons. The molecule has 0 bridgehead atoms. The number of allylic oxidation sites excluding steroid dienone is 3. The highest BCUT2D eigenvalue weighted by Crippen LogP contribution is 2.20. The van der Waals surface area contributed by atoms with E-state index in [1.54, 1.807) is 4.90 Å². The fourth-order valence-corrected chi connectivity index (χ4v) is 4.16. The van der Waals surface area contributed by atoms with Gasteiger partial charge >= 0.3 is 5.97 Å². The third-order valence-electron chi connectivity index (χ3n) is 5.40. The second-order valence-electron chi connectivity index (χ2n) is 9.01. The van der Waals surface area contributed by atoms with Crippen LogP contribution in [0, 0.1) is 13.8 Å². The number of cyclic esters (lactones) is 1. The number of benzene rings is 1. The van der Waals surface area contributed by atoms with Crippen molar-refractivity contribution in [2.24, 2.45) is 5.16 Å². The quantitative estimate of drug-likeness (QED) is 0.343. The van der Waals surface area contributed by atoms with E-state index in [4.69, 9.17) is 9.57 Å². The largest absolute Gasteiger partial charge is 0.462 e. The van der Waals surface area contributed by atoms with Crippen LogP contribution in [0.3, 0.4) is 0 Å². The minimum absolute atomic E-state index is 0.0832. The monoisotopic (exact) mass is 454 g/mol. The average Bonchev–Trinajstić information content (AvgIpc) is 2.70. The van der Waals surface area contributed by atoms with Crippen LogP contribution in [0.1, 0.15) is 74.0 Å². The molecule has 1 aromatic carbocycles. The highest BCUT2D eigenvalue weighted by atomic mass is 16.6. The Kier molecular flexibility index (Phi) is 10.4. The highest BCUT2D eigenvalue weighted by Gasteiger charge is 2.21. The molecule has 0 saturated heterocycles. The Morgan fingerprint density at radius 1 is 1.06 bits per heavy atom. The fourth-order valence-electron chi connectivity index (χ4n) is 4.16. The molecular formula is C27H38N2O4. The summed E-state index contributed by atoms with van der Waals surface area (Å²) in [5, 5.41) is 4.29. The van der Waals surface area contributed by atoms with Gasteiger partial charge < -0.3 is 14.5 Å². The van der Waals surface area contributed by atoms with E-state index in [9.17, 15) is 9.59 Å². The maximum absolute atomic E-state index is 12.8. The number of fused-ring (bicyclic) bond motifs is 1. The molecule has 0 aliphatic carbocycles. The summed E-state index contributed by atoms with van der Waals surface area (Å²) in [6.07, 6.45) is 11.0. The maximum Gasteiger partial charge on any atom is 0.338 e. The van der Waals surface area contributed by atoms with E-state index >= 15 is 0 Å². The van der Waals surface area contributed by atoms with Crippen LogP contribution >= 0.6 is 0 Å². The molecule has 0 atom stereocenters. The normalized spacial score (nSPS) is 18.4. The summed E-state index contributed by atoms with van der Waals surface area (Å²) in [5.74, 6) is -0.424. The molecule has 1 amide bonds. The molecule has 33 heavy (non-hydrogen) atoms. The minimum Gasteiger partial charge on any atom is -0.462 e. The van der Waals surface area contributed by atoms with Gasteiger partial charge in [-0.05, 0) is 78.0 Å². The van der Waals surface area contributed by atoms with Gasteiger partial charge in [0.1, 0.15) is 0 Å². The van der Waals surface area contributed by atoms with Gasteiger partial charge in [0, 0.05) is 18.5 Å². The van der Waals surface area contributed by atoms with Crippen molar-refractivity contribution in [1.29, 1.82) is 0 Å². The van der Waals surface area contributed by atoms with E-state index in [2.05, 4.69) is 17.3 Å². The van der Waals surface area contributed by atoms with Crippen LogP contribution in [-0.2, 0) is 20.8 Å². The zero-order chi connectivity index (χ0) is 24.4. The third-order valence-corrected chi connectivity index (χ3v) is 5.40. The van der Waals surface area contributed by atoms with Crippen molar-refractivity contribution in [3.8, 4) is 0 Å². The summed E-state index contributed by atoms with van der Waals surface area (Å²) >= 11 is 0. The van der Waals surface area contributed by atoms with Crippen molar-refractivity contribution < 1.29 is 19.2 Å². The molecule has 0 N–H and O–H groups in total. The minimum atomic E-state index is -0.322. The first-order chi connectivity index (χ1) is 15.7. The number of esters is 1. The topological polar surface area (TPSA) is 68.2 Å². The van der Waals surface area contributed by atoms with E-state index in [-0.39, 0.29) is 30.6 Å². The van der Waals surface area contributed by atoms with Crippen molar-refractivity contribution >= 4 is 17.6 Å². The van der Waals surface area contributed by atoms with Crippen LogP contribution in [0.15, 0.2) is 41.6 Å². The van der Waals surface area contributed by atoms with Gasteiger partial charge in [-0.3, -0.25) is 4.79 Å². The van der Waals surface area contributed by atoms with Gasteiger partial charge in [-0.15, -0.1) is 0 Å². The van der Waals surface area contributed by atoms with Gasteiger partial charge in [-0.25, -0.2) is 4.79 Å². The molecule has 0 spiro atoms. The van der Waals surface area contributed by atoms with Gasteiger partial charge in [-0.2, -0.15) is 0 Å². The predicted octanol–water partition coefficient (Wildman–Crippen LogP) is 5.32. The van der Waals surface area contributed by atoms with Crippen molar-refractivity contribution in [2.75, 3.05) is 13.2 Å². The van der Waals surface area contributed by atoms with Crippen molar-refractivity contribution in [3.05, 3.63) is 58.7 Å². The molecule has 0 aromatic heterocycles. The molecule has 0 saturated carbocycles. The Hall–Kier alpha value is -2.89. The highest BCUT2D eigenvalue weighted by molar-refractivity contribution is 6.00. The Balaban J connectivity index is 2.31. The third kappa shape index (κ3) is 8.19. The van der Waals surface area contributed by atoms with Gasteiger partial charge in [0.2, 0.25) is 0 Å². The van der Waals surface area contributed by atoms with Crippen molar-refractivity contribution in [2.45, 2.75) is 79.3 Å². The number of amides is 1. The molecule has 1 aromatic rings. The van der Waals surface area contributed by atoms with Crippen LogP contribution in [0.4, 0.5) is 0 Å². The molecule has 1 aliphatic heterocycles. The Labute approximate surface area is 198 Å². The fraction of sp³-hybridized carbons (Fsp3) is 0.519. The summed E-state index contributed by atoms with van der Waals surface area (Å²) in [4.78, 5) is 32.7. The number of ether oxygens (including phenoxy) is 1. The summed E-state index contributed by atoms with van der Waals surface area (Å²) in [6, 6.07) is 4.14. The van der Waals surface area contributed by atoms with Crippen LogP contribution in [0.5, 0.6) is 0 Å². The first kappa shape index (κ1) is 26.4. The number of aryl methyl sites for hydroxylation is 2. The van der Waals surface area contributed by atoms with E-state index in [1.807, 2.05) is 65.8 Å². The van der Waals surface area contributed by atoms with E-state index in [0.717, 1.165) is 29.5 Å². The molecule has 6 nitrogen and oxygen atoms in total. The maximum atomic E-state index is 12.8. The van der Waals surface area contributed by atoms with Crippen LogP contribution in [-0.4, -0.2) is 47.8 Å². The summed E-state index contributed by atoms with van der Waals surface area (Å²) in [5.41, 5.74) is 4.01. The van der Waals surface area contributed by atoms with Crippen LogP contribution < -0.4 is 0 Å². The number of oxime groups is 1. The molecule has 0 unspecified atom stereocenters. The standard InChI is InChI=1S/C27H38N2O4/c1-19(2)29(20(3)4)25(30)18-33-28-24-13-11-9-7-8-10-12-14-32-27(31)26-22(6)15-21(5)16-23(26)17-24/h8,10-11,13,15-16,19-20H,7,9,12,14,17-18H2,1-6H3/b10-8+,13-11+,28-24-. The first-order valence-corrected chi connectivity index (χ1v) is 11.8. The zero-order valence-electron chi connectivity index (χ0n) is 20.9. The lowest BCUT2D eigenvalue weighted by atomic mass is 9.95. The van der Waals surface area contributed by atoms with Crippen molar-refractivity contribution in [1.82, 2.24) is 4.90 Å². The lowest BCUT2D eigenvalue weighted by Crippen LogP contribution is -2.43. The number of nitrogens with zero attached hydrogens (tertiary/aromatic N) is 2. The molecule has 6 heteroatoms. The number of hydrogen-bond acceptors (Lipinski definition) is 5. The second kappa shape index (κ2) is 13.0. The molecule has 2 rings (SSSR count). The molecule has 0 radical (unpaired) electrons. The summed E-state index contributed by atoms with van der Waals surface area (Å²) in [6.45, 7) is 12.1. The molecule has 0 fully saturated rings. The first-order valence-electron chi connectivity index (χ1n) is 11.8. The van der Waals surface area contributed by atoms with Crippen LogP contribution in [0.2, 0.25) is 0 Å². The van der Waals surface area contributed by atoms with E-state index in [1.165, 1.54) is 0 Å². The smallest absolute Gasteiger partial charge is 0.338 e. The van der Waals surface area contributed by atoms with Gasteiger partial charge in [0.15, 0.2) is 6.61 Å². The lowest BCUT2D eigenvalue weighted by Gasteiger charge is -2.30. The van der Waals surface area contributed by atoms with Crippen LogP contribution in [0.25, 0.3) is 0 Å². The SMILES string of the molecule is Cc1cc(C)c2c(c1)CC(=N\OCC(=O)N(C(C)C)C(C)C)/C=C/CC/C=C/CCOC2=O. The Morgan fingerprint density at radius 2 is 1.73 bits per heavy atom. The predicted molar refractivity (Wildman–Crippen MR) is 133 cm³/mol. The summed E-state index contributed by atoms with van der Waals surface area (Å²) in [7, 11) is 0. The Bertz CT molecular complexity index is 905. The lowest BCUT2D eigenvalue weighted by molar-refractivity contribution is -0.139. The Morgan fingerprint density at radius 3 is 2.42 bits per heavy atom. The zero-order valence-corrected chi connectivity index (χ0v) is 20.9. The van der Waals surface area contributed by atoms with Gasteiger partial charge in [0.05, 0.1) is 17.9 Å². The number of carbonyl (C=O) groups excluding carboxylic acids is 2. The van der Waals surface area contributed by atoms with Gasteiger partial charge in [-0.1, -0.05) is 41.1 Å². The molecule has 1 aliphatic rings. The second-order valence-corrected chi connectivity index (χ2v) is 9.01. The molecule has 1 heterocycles. The number of carbonyl (C=O) groups is 2. The molecular weight excluding hydrogens is 416 g/mol. The number of rotatable bonds is 5. The average molecular weight is 455 g/mol. The van der Waals surface area contributed by atoms with Gasteiger partial charge in [0.25, 0.3) is 5.91 Å².